The predicted molar refractivity (Wildman–Crippen MR) is 74.5 cm³/mol. The van der Waals surface area contributed by atoms with Gasteiger partial charge in [0.2, 0.25) is 0 Å². The number of nitrogens with zero attached hydrogens (tertiary/aromatic N) is 1. The van der Waals surface area contributed by atoms with Crippen molar-refractivity contribution in [2.24, 2.45) is 0 Å². The zero-order valence-corrected chi connectivity index (χ0v) is 10.5. The summed E-state index contributed by atoms with van der Waals surface area (Å²) in [6.07, 6.45) is 3.14. The van der Waals surface area contributed by atoms with Crippen molar-refractivity contribution in [3.05, 3.63) is 58.1 Å². The highest BCUT2D eigenvalue weighted by molar-refractivity contribution is 6.31. The van der Waals surface area contributed by atoms with Crippen molar-refractivity contribution >= 4 is 22.5 Å². The molecule has 0 aliphatic carbocycles. The monoisotopic (exact) mass is 272 g/mol. The third-order valence-corrected chi connectivity index (χ3v) is 3.13. The third-order valence-electron chi connectivity index (χ3n) is 2.90. The molecule has 1 aromatic carbocycles. The number of hydrogen-bond donors (Lipinski definition) is 2. The number of fused-ring (bicyclic) bond motifs is 1. The van der Waals surface area contributed by atoms with E-state index in [0.717, 1.165) is 0 Å². The molecule has 0 bridgehead atoms. The van der Waals surface area contributed by atoms with E-state index in [-0.39, 0.29) is 16.9 Å². The highest BCUT2D eigenvalue weighted by Gasteiger charge is 2.13. The van der Waals surface area contributed by atoms with Gasteiger partial charge in [-0.1, -0.05) is 17.7 Å². The van der Waals surface area contributed by atoms with Crippen LogP contribution in [0, 0.1) is 0 Å². The number of H-pyrrole nitrogens is 1. The van der Waals surface area contributed by atoms with Gasteiger partial charge in [-0.2, -0.15) is 0 Å². The summed E-state index contributed by atoms with van der Waals surface area (Å²) in [5, 5.41) is 11.3. The molecule has 0 saturated heterocycles. The van der Waals surface area contributed by atoms with Gasteiger partial charge < -0.3 is 10.1 Å². The van der Waals surface area contributed by atoms with Crippen LogP contribution in [0.2, 0.25) is 5.02 Å². The Morgan fingerprint density at radius 1 is 1.26 bits per heavy atom. The summed E-state index contributed by atoms with van der Waals surface area (Å²) in [6.45, 7) is 0. The summed E-state index contributed by atoms with van der Waals surface area (Å²) in [7, 11) is 0. The Bertz CT molecular complexity index is 813. The predicted octanol–water partition coefficient (Wildman–Crippen LogP) is 2.95. The number of benzene rings is 1. The van der Waals surface area contributed by atoms with Crippen molar-refractivity contribution in [1.29, 1.82) is 0 Å². The number of aromatic amines is 1. The first kappa shape index (κ1) is 11.7. The molecule has 3 aromatic rings. The molecule has 2 aromatic heterocycles. The number of aromatic nitrogens is 2. The van der Waals surface area contributed by atoms with Crippen LogP contribution in [0.3, 0.4) is 0 Å². The van der Waals surface area contributed by atoms with Crippen LogP contribution in [0.1, 0.15) is 0 Å². The number of nitrogens with one attached hydrogen (secondary N) is 1. The Kier molecular flexibility index (Phi) is 2.72. The Morgan fingerprint density at radius 2 is 2.11 bits per heavy atom. The highest BCUT2D eigenvalue weighted by Crippen LogP contribution is 2.32. The molecular weight excluding hydrogens is 264 g/mol. The smallest absolute Gasteiger partial charge is 0.260 e. The second-order valence-electron chi connectivity index (χ2n) is 4.11. The van der Waals surface area contributed by atoms with Crippen LogP contribution in [-0.4, -0.2) is 15.1 Å². The minimum atomic E-state index is -0.375. The van der Waals surface area contributed by atoms with Crippen LogP contribution in [0.4, 0.5) is 0 Å². The maximum atomic E-state index is 12.1. The minimum Gasteiger partial charge on any atom is -0.506 e. The second-order valence-corrected chi connectivity index (χ2v) is 4.55. The Hall–Kier alpha value is -2.33. The van der Waals surface area contributed by atoms with E-state index in [2.05, 4.69) is 9.97 Å². The maximum Gasteiger partial charge on any atom is 0.260 e. The molecule has 0 atom stereocenters. The molecule has 19 heavy (non-hydrogen) atoms. The zero-order chi connectivity index (χ0) is 13.4. The topological polar surface area (TPSA) is 66.0 Å². The summed E-state index contributed by atoms with van der Waals surface area (Å²) in [4.78, 5) is 18.7. The standard InChI is InChI=1S/C14H9ClN2O2/c15-9-3-4-10-11(6-9)17-14(19)12(13(10)18)8-2-1-5-16-7-8/h1-7H,(H2,17,18,19). The quantitative estimate of drug-likeness (QED) is 0.716. The lowest BCUT2D eigenvalue weighted by Gasteiger charge is -2.07. The summed E-state index contributed by atoms with van der Waals surface area (Å²) in [5.41, 5.74) is 0.906. The van der Waals surface area contributed by atoms with Crippen molar-refractivity contribution < 1.29 is 5.11 Å². The van der Waals surface area contributed by atoms with Gasteiger partial charge in [-0.3, -0.25) is 9.78 Å². The fourth-order valence-electron chi connectivity index (χ4n) is 2.03. The first-order valence-corrected chi connectivity index (χ1v) is 5.99. The van der Waals surface area contributed by atoms with Gasteiger partial charge in [-0.25, -0.2) is 0 Å². The lowest BCUT2D eigenvalue weighted by atomic mass is 10.1. The SMILES string of the molecule is O=c1[nH]c2cc(Cl)ccc2c(O)c1-c1cccnc1. The lowest BCUT2D eigenvalue weighted by Crippen LogP contribution is -2.09. The van der Waals surface area contributed by atoms with Crippen molar-refractivity contribution in [2.45, 2.75) is 0 Å². The molecule has 94 valence electrons. The number of rotatable bonds is 1. The van der Waals surface area contributed by atoms with E-state index < -0.39 is 0 Å². The van der Waals surface area contributed by atoms with Crippen LogP contribution in [0.5, 0.6) is 5.75 Å². The fourth-order valence-corrected chi connectivity index (χ4v) is 2.20. The van der Waals surface area contributed by atoms with Gasteiger partial charge in [-0.15, -0.1) is 0 Å². The molecule has 0 saturated carbocycles. The van der Waals surface area contributed by atoms with Crippen molar-refractivity contribution in [1.82, 2.24) is 9.97 Å². The van der Waals surface area contributed by atoms with Gasteiger partial charge in [0.1, 0.15) is 5.75 Å². The van der Waals surface area contributed by atoms with Crippen molar-refractivity contribution in [3.8, 4) is 16.9 Å². The highest BCUT2D eigenvalue weighted by atomic mass is 35.5. The largest absolute Gasteiger partial charge is 0.506 e. The van der Waals surface area contributed by atoms with E-state index in [0.29, 0.717) is 21.5 Å². The molecule has 0 aliphatic heterocycles. The van der Waals surface area contributed by atoms with E-state index in [1.807, 2.05) is 0 Å². The van der Waals surface area contributed by atoms with Gasteiger partial charge in [0, 0.05) is 28.4 Å². The van der Waals surface area contributed by atoms with Crippen LogP contribution >= 0.6 is 11.6 Å². The van der Waals surface area contributed by atoms with Crippen molar-refractivity contribution in [2.75, 3.05) is 0 Å². The van der Waals surface area contributed by atoms with Gasteiger partial charge in [0.05, 0.1) is 11.1 Å². The molecule has 2 heterocycles. The van der Waals surface area contributed by atoms with Crippen LogP contribution in [0.15, 0.2) is 47.5 Å². The summed E-state index contributed by atoms with van der Waals surface area (Å²) in [6, 6.07) is 8.36. The molecule has 4 nitrogen and oxygen atoms in total. The molecule has 0 radical (unpaired) electrons. The molecular formula is C14H9ClN2O2. The van der Waals surface area contributed by atoms with E-state index in [1.165, 1.54) is 6.20 Å². The molecule has 0 fully saturated rings. The van der Waals surface area contributed by atoms with Crippen molar-refractivity contribution in [3.63, 3.8) is 0 Å². The molecule has 0 amide bonds. The number of pyridine rings is 2. The van der Waals surface area contributed by atoms with Gasteiger partial charge in [0.15, 0.2) is 0 Å². The second kappa shape index (κ2) is 4.40. The summed E-state index contributed by atoms with van der Waals surface area (Å²) >= 11 is 5.87. The number of aromatic hydroxyl groups is 1. The van der Waals surface area contributed by atoms with Gasteiger partial charge in [0.25, 0.3) is 5.56 Å². The van der Waals surface area contributed by atoms with Crippen LogP contribution in [-0.2, 0) is 0 Å². The first-order chi connectivity index (χ1) is 9.16. The molecule has 0 spiro atoms. The van der Waals surface area contributed by atoms with Gasteiger partial charge in [-0.05, 0) is 24.3 Å². The average molecular weight is 273 g/mol. The number of hydrogen-bond acceptors (Lipinski definition) is 3. The Labute approximate surface area is 113 Å². The molecule has 0 aliphatic rings. The summed E-state index contributed by atoms with van der Waals surface area (Å²) in [5.74, 6) is -0.0663. The normalized spacial score (nSPS) is 10.8. The molecule has 5 heteroatoms. The van der Waals surface area contributed by atoms with Gasteiger partial charge >= 0.3 is 0 Å². The molecule has 3 rings (SSSR count). The first-order valence-electron chi connectivity index (χ1n) is 5.62. The van der Waals surface area contributed by atoms with E-state index >= 15 is 0 Å². The van der Waals surface area contributed by atoms with Crippen LogP contribution < -0.4 is 5.56 Å². The third kappa shape index (κ3) is 1.96. The van der Waals surface area contributed by atoms with Crippen LogP contribution in [0.25, 0.3) is 22.0 Å². The lowest BCUT2D eigenvalue weighted by molar-refractivity contribution is 0.482. The fraction of sp³-hybridized carbons (Fsp3) is 0. The maximum absolute atomic E-state index is 12.1. The van der Waals surface area contributed by atoms with E-state index in [9.17, 15) is 9.90 Å². The Balaban J connectivity index is 2.39. The van der Waals surface area contributed by atoms with E-state index in [1.54, 1.807) is 36.5 Å². The molecule has 0 unspecified atom stereocenters. The Morgan fingerprint density at radius 3 is 2.84 bits per heavy atom. The minimum absolute atomic E-state index is 0.0663. The zero-order valence-electron chi connectivity index (χ0n) is 9.72. The summed E-state index contributed by atoms with van der Waals surface area (Å²) < 4.78 is 0. The average Bonchev–Trinajstić information content (AvgIpc) is 2.39. The molecule has 2 N–H and O–H groups in total. The number of halogens is 1. The van der Waals surface area contributed by atoms with E-state index in [4.69, 9.17) is 11.6 Å².